The second kappa shape index (κ2) is 6.07. The molecule has 0 saturated heterocycles. The Morgan fingerprint density at radius 1 is 1.14 bits per heavy atom. The van der Waals surface area contributed by atoms with Crippen LogP contribution in [-0.2, 0) is 15.4 Å². The van der Waals surface area contributed by atoms with Crippen LogP contribution in [0.4, 0.5) is 0 Å². The molecule has 0 aliphatic heterocycles. The first kappa shape index (κ1) is 18.1. The standard InChI is InChI=1S/C16H27NO3S/c1-12-7-8-13(15(2,3)4)9-14(12)21(19,20)17-10-16(5,6)11-18/h7-9,17-18H,10-11H2,1-6H3. The van der Waals surface area contributed by atoms with E-state index in [0.29, 0.717) is 4.90 Å². The molecule has 0 aliphatic rings. The average molecular weight is 313 g/mol. The maximum absolute atomic E-state index is 12.5. The molecule has 120 valence electrons. The number of sulfonamides is 1. The molecule has 0 saturated carbocycles. The maximum atomic E-state index is 12.5. The molecule has 0 radical (unpaired) electrons. The number of rotatable bonds is 5. The summed E-state index contributed by atoms with van der Waals surface area (Å²) < 4.78 is 27.6. The lowest BCUT2D eigenvalue weighted by Gasteiger charge is -2.23. The molecule has 5 heteroatoms. The van der Waals surface area contributed by atoms with Crippen LogP contribution in [0.3, 0.4) is 0 Å². The van der Waals surface area contributed by atoms with E-state index in [1.165, 1.54) is 0 Å². The highest BCUT2D eigenvalue weighted by Crippen LogP contribution is 2.26. The number of benzene rings is 1. The summed E-state index contributed by atoms with van der Waals surface area (Å²) in [6.45, 7) is 11.7. The number of aryl methyl sites for hydroxylation is 1. The molecule has 0 aromatic heterocycles. The van der Waals surface area contributed by atoms with Crippen LogP contribution in [0.2, 0.25) is 0 Å². The Morgan fingerprint density at radius 2 is 1.71 bits per heavy atom. The number of nitrogens with one attached hydrogen (secondary N) is 1. The van der Waals surface area contributed by atoms with Crippen LogP contribution >= 0.6 is 0 Å². The van der Waals surface area contributed by atoms with E-state index in [4.69, 9.17) is 0 Å². The van der Waals surface area contributed by atoms with E-state index in [2.05, 4.69) is 25.5 Å². The first-order valence-electron chi connectivity index (χ1n) is 7.11. The fraction of sp³-hybridized carbons (Fsp3) is 0.625. The van der Waals surface area contributed by atoms with Crippen LogP contribution in [0.15, 0.2) is 23.1 Å². The normalized spacial score (nSPS) is 13.5. The first-order chi connectivity index (χ1) is 9.39. The van der Waals surface area contributed by atoms with Gasteiger partial charge in [0.25, 0.3) is 0 Å². The topological polar surface area (TPSA) is 66.4 Å². The summed E-state index contributed by atoms with van der Waals surface area (Å²) >= 11 is 0. The molecule has 0 spiro atoms. The molecule has 0 bridgehead atoms. The molecule has 0 heterocycles. The minimum absolute atomic E-state index is 0.0729. The molecule has 1 rings (SSSR count). The fourth-order valence-electron chi connectivity index (χ4n) is 1.78. The van der Waals surface area contributed by atoms with Crippen molar-refractivity contribution < 1.29 is 13.5 Å². The van der Waals surface area contributed by atoms with Gasteiger partial charge in [-0.15, -0.1) is 0 Å². The summed E-state index contributed by atoms with van der Waals surface area (Å²) in [6, 6.07) is 5.54. The summed E-state index contributed by atoms with van der Waals surface area (Å²) in [5.74, 6) is 0. The minimum Gasteiger partial charge on any atom is -0.396 e. The van der Waals surface area contributed by atoms with Gasteiger partial charge in [-0.1, -0.05) is 46.8 Å². The lowest BCUT2D eigenvalue weighted by atomic mass is 9.87. The monoisotopic (exact) mass is 313 g/mol. The van der Waals surface area contributed by atoms with Gasteiger partial charge in [0, 0.05) is 18.6 Å². The third-order valence-corrected chi connectivity index (χ3v) is 5.06. The third kappa shape index (κ3) is 4.80. The Labute approximate surface area is 128 Å². The molecule has 0 amide bonds. The van der Waals surface area contributed by atoms with Gasteiger partial charge in [-0.3, -0.25) is 0 Å². The quantitative estimate of drug-likeness (QED) is 0.878. The summed E-state index contributed by atoms with van der Waals surface area (Å²) in [4.78, 5) is 0.309. The van der Waals surface area contributed by atoms with Crippen molar-refractivity contribution in [1.82, 2.24) is 4.72 Å². The van der Waals surface area contributed by atoms with Crippen LogP contribution in [0.5, 0.6) is 0 Å². The van der Waals surface area contributed by atoms with Gasteiger partial charge in [0.2, 0.25) is 10.0 Å². The van der Waals surface area contributed by atoms with Crippen LogP contribution in [0.25, 0.3) is 0 Å². The molecule has 4 nitrogen and oxygen atoms in total. The van der Waals surface area contributed by atoms with E-state index in [-0.39, 0.29) is 18.6 Å². The predicted molar refractivity (Wildman–Crippen MR) is 85.9 cm³/mol. The van der Waals surface area contributed by atoms with Crippen molar-refractivity contribution in [3.8, 4) is 0 Å². The molecule has 0 aliphatic carbocycles. The van der Waals surface area contributed by atoms with E-state index in [1.54, 1.807) is 13.0 Å². The molecule has 1 aromatic carbocycles. The Bertz CT molecular complexity index is 598. The summed E-state index contributed by atoms with van der Waals surface area (Å²) in [7, 11) is -3.58. The highest BCUT2D eigenvalue weighted by Gasteiger charge is 2.24. The minimum atomic E-state index is -3.58. The van der Waals surface area contributed by atoms with Gasteiger partial charge in [-0.25, -0.2) is 13.1 Å². The van der Waals surface area contributed by atoms with Crippen LogP contribution in [0, 0.1) is 12.3 Å². The number of aliphatic hydroxyl groups is 1. The van der Waals surface area contributed by atoms with E-state index >= 15 is 0 Å². The van der Waals surface area contributed by atoms with Gasteiger partial charge in [-0.2, -0.15) is 0 Å². The van der Waals surface area contributed by atoms with Gasteiger partial charge in [0.1, 0.15) is 0 Å². The zero-order valence-electron chi connectivity index (χ0n) is 13.8. The number of aliphatic hydroxyl groups excluding tert-OH is 1. The first-order valence-corrected chi connectivity index (χ1v) is 8.59. The average Bonchev–Trinajstić information content (AvgIpc) is 2.35. The molecule has 21 heavy (non-hydrogen) atoms. The van der Waals surface area contributed by atoms with E-state index in [1.807, 2.05) is 26.0 Å². The third-order valence-electron chi connectivity index (χ3n) is 3.51. The molecule has 1 aromatic rings. The smallest absolute Gasteiger partial charge is 0.240 e. The molecule has 0 unspecified atom stereocenters. The summed E-state index contributed by atoms with van der Waals surface area (Å²) in [5.41, 5.74) is 1.11. The lowest BCUT2D eigenvalue weighted by molar-refractivity contribution is 0.163. The van der Waals surface area contributed by atoms with Gasteiger partial charge in [0.15, 0.2) is 0 Å². The number of hydrogen-bond donors (Lipinski definition) is 2. The largest absolute Gasteiger partial charge is 0.396 e. The maximum Gasteiger partial charge on any atom is 0.240 e. The fourth-order valence-corrected chi connectivity index (χ4v) is 3.29. The van der Waals surface area contributed by atoms with E-state index in [0.717, 1.165) is 11.1 Å². The zero-order valence-corrected chi connectivity index (χ0v) is 14.6. The molecule has 0 fully saturated rings. The van der Waals surface area contributed by atoms with Crippen molar-refractivity contribution in [2.45, 2.75) is 51.9 Å². The zero-order chi connectivity index (χ0) is 16.5. The summed E-state index contributed by atoms with van der Waals surface area (Å²) in [6.07, 6.45) is 0. The van der Waals surface area contributed by atoms with Gasteiger partial charge < -0.3 is 5.11 Å². The van der Waals surface area contributed by atoms with Crippen molar-refractivity contribution in [3.63, 3.8) is 0 Å². The van der Waals surface area contributed by atoms with Gasteiger partial charge >= 0.3 is 0 Å². The van der Waals surface area contributed by atoms with E-state index < -0.39 is 15.4 Å². The van der Waals surface area contributed by atoms with Crippen molar-refractivity contribution in [1.29, 1.82) is 0 Å². The molecule has 0 atom stereocenters. The van der Waals surface area contributed by atoms with Crippen molar-refractivity contribution in [2.75, 3.05) is 13.2 Å². The Morgan fingerprint density at radius 3 is 2.19 bits per heavy atom. The van der Waals surface area contributed by atoms with Crippen molar-refractivity contribution >= 4 is 10.0 Å². The second-order valence-electron chi connectivity index (χ2n) is 7.38. The van der Waals surface area contributed by atoms with Crippen LogP contribution < -0.4 is 4.72 Å². The Balaban J connectivity index is 3.14. The molecular formula is C16H27NO3S. The van der Waals surface area contributed by atoms with Crippen LogP contribution in [0.1, 0.15) is 45.7 Å². The van der Waals surface area contributed by atoms with Crippen molar-refractivity contribution in [2.24, 2.45) is 5.41 Å². The Hall–Kier alpha value is -0.910. The molecular weight excluding hydrogens is 286 g/mol. The second-order valence-corrected chi connectivity index (χ2v) is 9.11. The van der Waals surface area contributed by atoms with E-state index in [9.17, 15) is 13.5 Å². The van der Waals surface area contributed by atoms with Crippen LogP contribution in [-0.4, -0.2) is 26.7 Å². The van der Waals surface area contributed by atoms with Gasteiger partial charge in [0.05, 0.1) is 4.90 Å². The van der Waals surface area contributed by atoms with Gasteiger partial charge in [-0.05, 0) is 29.5 Å². The van der Waals surface area contributed by atoms with Crippen molar-refractivity contribution in [3.05, 3.63) is 29.3 Å². The molecule has 2 N–H and O–H groups in total. The predicted octanol–water partition coefficient (Wildman–Crippen LogP) is 2.59. The Kier molecular flexibility index (Phi) is 5.24. The summed E-state index contributed by atoms with van der Waals surface area (Å²) in [5, 5.41) is 9.23. The highest BCUT2D eigenvalue weighted by molar-refractivity contribution is 7.89. The number of hydrogen-bond acceptors (Lipinski definition) is 3. The SMILES string of the molecule is Cc1ccc(C(C)(C)C)cc1S(=O)(=O)NCC(C)(C)CO. The highest BCUT2D eigenvalue weighted by atomic mass is 32.2. The lowest BCUT2D eigenvalue weighted by Crippen LogP contribution is -2.36.